The van der Waals surface area contributed by atoms with Gasteiger partial charge in [-0.25, -0.2) is 9.59 Å². The number of aliphatic hydroxyl groups is 1. The zero-order valence-corrected chi connectivity index (χ0v) is 16.9. The van der Waals surface area contributed by atoms with Crippen LogP contribution >= 0.6 is 0 Å². The first-order chi connectivity index (χ1) is 12.9. The van der Waals surface area contributed by atoms with Crippen LogP contribution in [0.25, 0.3) is 0 Å². The van der Waals surface area contributed by atoms with Crippen molar-refractivity contribution in [1.29, 1.82) is 0 Å². The number of aliphatic hydroxyl groups excluding tert-OH is 1. The number of hydrogen-bond donors (Lipinski definition) is 2. The minimum absolute atomic E-state index is 0.115. The van der Waals surface area contributed by atoms with Gasteiger partial charge in [-0.3, -0.25) is 4.89 Å². The molecule has 8 heteroatoms. The number of benzene rings is 1. The molecule has 1 heterocycles. The molecule has 1 aromatic rings. The van der Waals surface area contributed by atoms with Crippen LogP contribution in [0.1, 0.15) is 67.3 Å². The lowest BCUT2D eigenvalue weighted by Gasteiger charge is -2.24. The van der Waals surface area contributed by atoms with Crippen molar-refractivity contribution < 1.29 is 39.1 Å². The third-order valence-electron chi connectivity index (χ3n) is 4.23. The summed E-state index contributed by atoms with van der Waals surface area (Å²) < 4.78 is 11.2. The molecule has 28 heavy (non-hydrogen) atoms. The van der Waals surface area contributed by atoms with Gasteiger partial charge in [0.25, 0.3) is 0 Å². The number of carboxylic acids is 1. The fourth-order valence-electron chi connectivity index (χ4n) is 3.24. The number of hydrogen-bond acceptors (Lipinski definition) is 7. The Kier molecular flexibility index (Phi) is 6.82. The van der Waals surface area contributed by atoms with E-state index in [9.17, 15) is 19.8 Å². The summed E-state index contributed by atoms with van der Waals surface area (Å²) in [6.45, 7) is 8.80. The van der Waals surface area contributed by atoms with E-state index < -0.39 is 29.4 Å². The van der Waals surface area contributed by atoms with Crippen molar-refractivity contribution in [1.82, 2.24) is 0 Å². The molecule has 1 aromatic carbocycles. The van der Waals surface area contributed by atoms with Gasteiger partial charge in [-0.15, -0.1) is 0 Å². The van der Waals surface area contributed by atoms with Gasteiger partial charge in [-0.05, 0) is 46.2 Å². The molecule has 0 bridgehead atoms. The quantitative estimate of drug-likeness (QED) is 0.510. The van der Waals surface area contributed by atoms with Gasteiger partial charge in [0.05, 0.1) is 29.9 Å². The molecule has 2 rings (SSSR count). The molecule has 0 amide bonds. The van der Waals surface area contributed by atoms with Gasteiger partial charge in [0.15, 0.2) is 5.79 Å². The number of rotatable bonds is 8. The largest absolute Gasteiger partial charge is 0.478 e. The highest BCUT2D eigenvalue weighted by Gasteiger charge is 2.34. The van der Waals surface area contributed by atoms with E-state index in [4.69, 9.17) is 19.2 Å². The number of carboxylic acid groups (broad SMARTS) is 1. The summed E-state index contributed by atoms with van der Waals surface area (Å²) in [7, 11) is 0. The molecular weight excluding hydrogens is 368 g/mol. The van der Waals surface area contributed by atoms with E-state index in [1.54, 1.807) is 46.8 Å². The van der Waals surface area contributed by atoms with Crippen molar-refractivity contribution in [3.05, 3.63) is 34.9 Å². The highest BCUT2D eigenvalue weighted by Crippen LogP contribution is 2.27. The Hall–Kier alpha value is -2.00. The van der Waals surface area contributed by atoms with Gasteiger partial charge in [-0.1, -0.05) is 12.1 Å². The minimum Gasteiger partial charge on any atom is -0.478 e. The van der Waals surface area contributed by atoms with E-state index in [-0.39, 0.29) is 30.1 Å². The van der Waals surface area contributed by atoms with Crippen molar-refractivity contribution in [2.75, 3.05) is 6.61 Å². The SMILES string of the molecule is CC(O)CC(C)(C)OOC(=O)c1cccc(CC2COC(C)(C)O2)c1C(=O)O. The molecule has 1 aliphatic rings. The van der Waals surface area contributed by atoms with Crippen molar-refractivity contribution >= 4 is 11.9 Å². The first-order valence-corrected chi connectivity index (χ1v) is 9.15. The van der Waals surface area contributed by atoms with E-state index in [2.05, 4.69) is 0 Å². The molecule has 0 radical (unpaired) electrons. The number of ether oxygens (including phenoxy) is 2. The Bertz CT molecular complexity index is 723. The van der Waals surface area contributed by atoms with Crippen molar-refractivity contribution in [3.8, 4) is 0 Å². The molecule has 156 valence electrons. The predicted molar refractivity (Wildman–Crippen MR) is 98.9 cm³/mol. The van der Waals surface area contributed by atoms with E-state index in [0.717, 1.165) is 0 Å². The Morgan fingerprint density at radius 2 is 2.04 bits per heavy atom. The summed E-state index contributed by atoms with van der Waals surface area (Å²) >= 11 is 0. The second-order valence-electron chi connectivity index (χ2n) is 8.07. The maximum atomic E-state index is 12.5. The van der Waals surface area contributed by atoms with E-state index in [0.29, 0.717) is 12.2 Å². The molecule has 1 aliphatic heterocycles. The monoisotopic (exact) mass is 396 g/mol. The van der Waals surface area contributed by atoms with Crippen LogP contribution in [0.2, 0.25) is 0 Å². The van der Waals surface area contributed by atoms with Crippen LogP contribution in [-0.4, -0.2) is 52.4 Å². The summed E-state index contributed by atoms with van der Waals surface area (Å²) in [4.78, 5) is 34.3. The van der Waals surface area contributed by atoms with Crippen LogP contribution in [0, 0.1) is 0 Å². The van der Waals surface area contributed by atoms with E-state index in [1.165, 1.54) is 6.07 Å². The van der Waals surface area contributed by atoms with Gasteiger partial charge in [0, 0.05) is 12.8 Å². The minimum atomic E-state index is -1.25. The fourth-order valence-corrected chi connectivity index (χ4v) is 3.24. The molecule has 8 nitrogen and oxygen atoms in total. The summed E-state index contributed by atoms with van der Waals surface area (Å²) in [6, 6.07) is 4.59. The lowest BCUT2D eigenvalue weighted by atomic mass is 9.97. The van der Waals surface area contributed by atoms with Crippen LogP contribution in [-0.2, 0) is 25.7 Å². The van der Waals surface area contributed by atoms with Gasteiger partial charge >= 0.3 is 11.9 Å². The molecule has 2 unspecified atom stereocenters. The first-order valence-electron chi connectivity index (χ1n) is 9.15. The summed E-state index contributed by atoms with van der Waals surface area (Å²) in [5.74, 6) is -2.89. The lowest BCUT2D eigenvalue weighted by Crippen LogP contribution is -2.30. The van der Waals surface area contributed by atoms with Crippen molar-refractivity contribution in [2.45, 2.75) is 71.1 Å². The average molecular weight is 396 g/mol. The maximum absolute atomic E-state index is 12.5. The lowest BCUT2D eigenvalue weighted by molar-refractivity contribution is -0.311. The summed E-state index contributed by atoms with van der Waals surface area (Å²) in [6.07, 6.45) is -0.452. The molecule has 0 aliphatic carbocycles. The smallest absolute Gasteiger partial charge is 0.373 e. The average Bonchev–Trinajstić information content (AvgIpc) is 2.89. The number of carbonyl (C=O) groups excluding carboxylic acids is 1. The molecule has 2 atom stereocenters. The topological polar surface area (TPSA) is 112 Å². The molecule has 1 saturated heterocycles. The van der Waals surface area contributed by atoms with Gasteiger partial charge in [0.1, 0.15) is 5.60 Å². The van der Waals surface area contributed by atoms with Crippen LogP contribution in [0.15, 0.2) is 18.2 Å². The normalized spacial score (nSPS) is 20.0. The second-order valence-corrected chi connectivity index (χ2v) is 8.07. The standard InChI is InChI=1S/C20H28O8/c1-12(21)10-19(2,3)28-27-18(24)15-8-6-7-13(16(15)17(22)23)9-14-11-25-20(4,5)26-14/h6-8,12,14,21H,9-11H2,1-5H3,(H,22,23). The zero-order chi connectivity index (χ0) is 21.1. The van der Waals surface area contributed by atoms with E-state index >= 15 is 0 Å². The van der Waals surface area contributed by atoms with Crippen molar-refractivity contribution in [2.24, 2.45) is 0 Å². The van der Waals surface area contributed by atoms with Gasteiger partial charge in [0.2, 0.25) is 0 Å². The Morgan fingerprint density at radius 3 is 2.57 bits per heavy atom. The number of aromatic carboxylic acids is 1. The molecular formula is C20H28O8. The van der Waals surface area contributed by atoms with Crippen LogP contribution in [0.4, 0.5) is 0 Å². The van der Waals surface area contributed by atoms with Crippen molar-refractivity contribution in [3.63, 3.8) is 0 Å². The molecule has 0 saturated carbocycles. The molecule has 1 fully saturated rings. The molecule has 0 aromatic heterocycles. The zero-order valence-electron chi connectivity index (χ0n) is 16.9. The maximum Gasteiger partial charge on any atom is 0.373 e. The second kappa shape index (κ2) is 8.57. The highest BCUT2D eigenvalue weighted by atomic mass is 17.2. The van der Waals surface area contributed by atoms with Gasteiger partial charge < -0.3 is 19.7 Å². The van der Waals surface area contributed by atoms with Gasteiger partial charge in [-0.2, -0.15) is 4.89 Å². The third-order valence-corrected chi connectivity index (χ3v) is 4.23. The molecule has 2 N–H and O–H groups in total. The third kappa shape index (κ3) is 6.00. The van der Waals surface area contributed by atoms with E-state index in [1.807, 2.05) is 0 Å². The molecule has 0 spiro atoms. The first kappa shape index (κ1) is 22.3. The van der Waals surface area contributed by atoms with Crippen LogP contribution < -0.4 is 0 Å². The van der Waals surface area contributed by atoms with Crippen LogP contribution in [0.3, 0.4) is 0 Å². The number of carbonyl (C=O) groups is 2. The summed E-state index contributed by atoms with van der Waals surface area (Å²) in [5, 5.41) is 19.1. The van der Waals surface area contributed by atoms with Crippen LogP contribution in [0.5, 0.6) is 0 Å². The Labute approximate surface area is 164 Å². The highest BCUT2D eigenvalue weighted by molar-refractivity contribution is 6.03. The predicted octanol–water partition coefficient (Wildman–Crippen LogP) is 2.72. The Balaban J connectivity index is 2.18. The fraction of sp³-hybridized carbons (Fsp3) is 0.600. The Morgan fingerprint density at radius 1 is 1.36 bits per heavy atom. The summed E-state index contributed by atoms with van der Waals surface area (Å²) in [5.41, 5.74) is -0.754.